The molecule has 2 aliphatic rings. The van der Waals surface area contributed by atoms with Crippen molar-refractivity contribution in [1.29, 1.82) is 0 Å². The molecule has 84 valence electrons. The number of hydrogen-bond donors (Lipinski definition) is 0. The van der Waals surface area contributed by atoms with E-state index in [4.69, 9.17) is 0 Å². The maximum Gasteiger partial charge on any atom is 0.124 e. The molecular formula is C12H20BrN2+. The zero-order valence-corrected chi connectivity index (χ0v) is 11.0. The van der Waals surface area contributed by atoms with E-state index in [-0.39, 0.29) is 0 Å². The summed E-state index contributed by atoms with van der Waals surface area (Å²) in [6.45, 7) is 4.46. The number of alkyl halides is 1. The largest absolute Gasteiger partial charge is 0.172 e. The van der Waals surface area contributed by atoms with Crippen LogP contribution in [0.3, 0.4) is 0 Å². The Morgan fingerprint density at radius 1 is 1.40 bits per heavy atom. The van der Waals surface area contributed by atoms with Crippen molar-refractivity contribution < 1.29 is 4.59 Å². The van der Waals surface area contributed by atoms with E-state index in [1.165, 1.54) is 32.2 Å². The van der Waals surface area contributed by atoms with Crippen LogP contribution >= 0.6 is 15.9 Å². The van der Waals surface area contributed by atoms with Gasteiger partial charge >= 0.3 is 0 Å². The second kappa shape index (κ2) is 4.79. The van der Waals surface area contributed by atoms with Crippen LogP contribution in [-0.4, -0.2) is 28.7 Å². The quantitative estimate of drug-likeness (QED) is 0.552. The van der Waals surface area contributed by atoms with Gasteiger partial charge < -0.3 is 0 Å². The Balaban J connectivity index is 2.00. The van der Waals surface area contributed by atoms with Crippen molar-refractivity contribution in [3.05, 3.63) is 12.3 Å². The average Bonchev–Trinajstić information content (AvgIpc) is 2.71. The Kier molecular flexibility index (Phi) is 3.62. The van der Waals surface area contributed by atoms with Crippen molar-refractivity contribution in [2.75, 3.05) is 13.1 Å². The molecule has 1 aliphatic carbocycles. The molecule has 0 bridgehead atoms. The van der Waals surface area contributed by atoms with Gasteiger partial charge in [0.15, 0.2) is 0 Å². The average molecular weight is 272 g/mol. The molecule has 0 aromatic carbocycles. The molecule has 0 aromatic rings. The van der Waals surface area contributed by atoms with Gasteiger partial charge in [0, 0.05) is 16.8 Å². The topological polar surface area (TPSA) is 12.4 Å². The first-order valence-corrected chi connectivity index (χ1v) is 6.91. The molecule has 15 heavy (non-hydrogen) atoms. The van der Waals surface area contributed by atoms with Gasteiger partial charge in [-0.15, -0.1) is 0 Å². The lowest BCUT2D eigenvalue weighted by Crippen LogP contribution is -2.42. The number of quaternary nitrogens is 1. The molecule has 1 heterocycles. The van der Waals surface area contributed by atoms with Crippen molar-refractivity contribution >= 4 is 22.1 Å². The molecule has 0 aromatic heterocycles. The van der Waals surface area contributed by atoms with E-state index in [1.807, 2.05) is 6.21 Å². The highest BCUT2D eigenvalue weighted by Crippen LogP contribution is 2.33. The van der Waals surface area contributed by atoms with E-state index in [2.05, 4.69) is 40.2 Å². The minimum absolute atomic E-state index is 0.706. The summed E-state index contributed by atoms with van der Waals surface area (Å²) in [7, 11) is 0. The Bertz CT molecular complexity index is 261. The van der Waals surface area contributed by atoms with Crippen LogP contribution in [0.25, 0.3) is 0 Å². The van der Waals surface area contributed by atoms with Gasteiger partial charge in [0.05, 0.1) is 6.21 Å². The zero-order chi connectivity index (χ0) is 10.7. The molecular weight excluding hydrogens is 252 g/mol. The highest BCUT2D eigenvalue weighted by Gasteiger charge is 2.33. The summed E-state index contributed by atoms with van der Waals surface area (Å²) in [6, 6.07) is 0. The molecule has 0 spiro atoms. The number of rotatable bonds is 3. The van der Waals surface area contributed by atoms with Crippen LogP contribution in [0.4, 0.5) is 0 Å². The van der Waals surface area contributed by atoms with Crippen LogP contribution in [0.1, 0.15) is 32.6 Å². The minimum Gasteiger partial charge on any atom is -0.172 e. The molecule has 1 aliphatic heterocycles. The second-order valence-corrected chi connectivity index (χ2v) is 5.83. The molecule has 3 unspecified atom stereocenters. The summed E-state index contributed by atoms with van der Waals surface area (Å²) in [5, 5.41) is 4.59. The van der Waals surface area contributed by atoms with Gasteiger partial charge in [-0.3, -0.25) is 0 Å². The third-order valence-corrected chi connectivity index (χ3v) is 4.87. The third kappa shape index (κ3) is 2.51. The lowest BCUT2D eigenvalue weighted by molar-refractivity contribution is -0.885. The fourth-order valence-corrected chi connectivity index (χ4v) is 3.36. The van der Waals surface area contributed by atoms with Crippen LogP contribution in [-0.2, 0) is 0 Å². The van der Waals surface area contributed by atoms with Crippen molar-refractivity contribution in [1.82, 2.24) is 0 Å². The summed E-state index contributed by atoms with van der Waals surface area (Å²) in [5.41, 5.74) is 0. The summed E-state index contributed by atoms with van der Waals surface area (Å²) < 4.78 is 0.812. The molecule has 3 atom stereocenters. The summed E-state index contributed by atoms with van der Waals surface area (Å²) in [4.78, 5) is 0.706. The standard InChI is InChI=1S/C12H20BrN2/c1-2-15(9-5-8-14-15)10-11-6-3-4-7-12(11)13/h5,8-9,11-12H,2-4,6-7,10H2,1H3/q+1. The molecule has 3 heteroatoms. The predicted octanol–water partition coefficient (Wildman–Crippen LogP) is 3.29. The molecule has 2 rings (SSSR count). The molecule has 0 saturated heterocycles. The van der Waals surface area contributed by atoms with Crippen molar-refractivity contribution in [3.8, 4) is 0 Å². The van der Waals surface area contributed by atoms with Gasteiger partial charge in [-0.05, 0) is 19.8 Å². The first-order chi connectivity index (χ1) is 7.26. The maximum atomic E-state index is 4.59. The normalized spacial score (nSPS) is 39.9. The molecule has 0 N–H and O–H groups in total. The first kappa shape index (κ1) is 11.3. The fraction of sp³-hybridized carbons (Fsp3) is 0.750. The molecule has 0 radical (unpaired) electrons. The van der Waals surface area contributed by atoms with Crippen LogP contribution in [0, 0.1) is 5.92 Å². The highest BCUT2D eigenvalue weighted by molar-refractivity contribution is 9.09. The Morgan fingerprint density at radius 3 is 2.80 bits per heavy atom. The van der Waals surface area contributed by atoms with Gasteiger partial charge in [0.25, 0.3) is 0 Å². The van der Waals surface area contributed by atoms with Crippen molar-refractivity contribution in [3.63, 3.8) is 0 Å². The van der Waals surface area contributed by atoms with Gasteiger partial charge in [0.1, 0.15) is 19.3 Å². The van der Waals surface area contributed by atoms with E-state index < -0.39 is 0 Å². The second-order valence-electron chi connectivity index (χ2n) is 4.65. The highest BCUT2D eigenvalue weighted by atomic mass is 79.9. The molecule has 2 nitrogen and oxygen atoms in total. The lowest BCUT2D eigenvalue weighted by Gasteiger charge is -2.33. The van der Waals surface area contributed by atoms with Gasteiger partial charge in [-0.2, -0.15) is 4.59 Å². The Morgan fingerprint density at radius 2 is 2.20 bits per heavy atom. The number of nitrogens with zero attached hydrogens (tertiary/aromatic N) is 2. The fourth-order valence-electron chi connectivity index (χ4n) is 2.61. The lowest BCUT2D eigenvalue weighted by atomic mass is 9.88. The Labute approximate surface area is 101 Å². The van der Waals surface area contributed by atoms with Gasteiger partial charge in [-0.25, -0.2) is 0 Å². The minimum atomic E-state index is 0.706. The van der Waals surface area contributed by atoms with E-state index in [0.717, 1.165) is 17.1 Å². The van der Waals surface area contributed by atoms with E-state index in [1.54, 1.807) is 0 Å². The maximum absolute atomic E-state index is 4.59. The van der Waals surface area contributed by atoms with Crippen LogP contribution in [0.15, 0.2) is 17.4 Å². The van der Waals surface area contributed by atoms with Crippen LogP contribution < -0.4 is 0 Å². The Hall–Kier alpha value is -0.150. The third-order valence-electron chi connectivity index (χ3n) is 3.66. The first-order valence-electron chi connectivity index (χ1n) is 6.00. The molecule has 0 amide bonds. The molecule has 1 fully saturated rings. The van der Waals surface area contributed by atoms with Gasteiger partial charge in [-0.1, -0.05) is 33.9 Å². The summed E-state index contributed by atoms with van der Waals surface area (Å²) in [5.74, 6) is 0.790. The van der Waals surface area contributed by atoms with E-state index in [9.17, 15) is 0 Å². The number of allylic oxidation sites excluding steroid dienone is 1. The smallest absolute Gasteiger partial charge is 0.124 e. The van der Waals surface area contributed by atoms with Gasteiger partial charge in [0.2, 0.25) is 0 Å². The number of halogens is 1. The van der Waals surface area contributed by atoms with E-state index in [0.29, 0.717) is 4.83 Å². The van der Waals surface area contributed by atoms with Crippen LogP contribution in [0.5, 0.6) is 0 Å². The van der Waals surface area contributed by atoms with Crippen molar-refractivity contribution in [2.24, 2.45) is 11.0 Å². The SMILES string of the molecule is CC[N+]1(CC2CCCCC2Br)C=CC=N1. The summed E-state index contributed by atoms with van der Waals surface area (Å²) >= 11 is 3.83. The predicted molar refractivity (Wildman–Crippen MR) is 68.0 cm³/mol. The van der Waals surface area contributed by atoms with E-state index >= 15 is 0 Å². The monoisotopic (exact) mass is 271 g/mol. The van der Waals surface area contributed by atoms with Crippen molar-refractivity contribution in [2.45, 2.75) is 37.4 Å². The molecule has 1 saturated carbocycles. The summed E-state index contributed by atoms with van der Waals surface area (Å²) in [6.07, 6.45) is 11.7. The van der Waals surface area contributed by atoms with Crippen LogP contribution in [0.2, 0.25) is 0 Å². The number of hydrogen-bond acceptors (Lipinski definition) is 1. The zero-order valence-electron chi connectivity index (χ0n) is 9.40.